The number of furan rings is 1. The van der Waals surface area contributed by atoms with Gasteiger partial charge in [0.15, 0.2) is 17.3 Å². The Morgan fingerprint density at radius 2 is 1.85 bits per heavy atom. The summed E-state index contributed by atoms with van der Waals surface area (Å²) in [6.07, 6.45) is 1.40. The molecule has 0 saturated carbocycles. The maximum absolute atomic E-state index is 12.6. The van der Waals surface area contributed by atoms with Gasteiger partial charge in [-0.2, -0.15) is 0 Å². The summed E-state index contributed by atoms with van der Waals surface area (Å²) in [5, 5.41) is 8.53. The molecule has 2 aromatic rings. The first-order valence-electron chi connectivity index (χ1n) is 8.06. The molecule has 8 heteroatoms. The smallest absolute Gasteiger partial charge is 0.291 e. The van der Waals surface area contributed by atoms with Crippen LogP contribution in [0.2, 0.25) is 0 Å². The minimum Gasteiger partial charge on any atom is -0.493 e. The van der Waals surface area contributed by atoms with E-state index in [1.165, 1.54) is 38.7 Å². The Hall–Kier alpha value is -3.00. The summed E-state index contributed by atoms with van der Waals surface area (Å²) in [6.45, 7) is 2.36. The summed E-state index contributed by atoms with van der Waals surface area (Å²) < 4.78 is 15.6. The molecule has 26 heavy (non-hydrogen) atoms. The second kappa shape index (κ2) is 8.91. The number of hydrogen-bond donors (Lipinski definition) is 3. The third-order valence-electron chi connectivity index (χ3n) is 3.82. The molecule has 0 fully saturated rings. The van der Waals surface area contributed by atoms with Crippen LogP contribution in [0.25, 0.3) is 0 Å². The van der Waals surface area contributed by atoms with E-state index in [-0.39, 0.29) is 23.3 Å². The largest absolute Gasteiger partial charge is 0.493 e. The fourth-order valence-corrected chi connectivity index (χ4v) is 2.21. The highest BCUT2D eigenvalue weighted by Crippen LogP contribution is 2.33. The molecule has 3 N–H and O–H groups in total. The molecule has 1 aromatic carbocycles. The lowest BCUT2D eigenvalue weighted by atomic mass is 10.1. The molecule has 0 bridgehead atoms. The van der Waals surface area contributed by atoms with E-state index in [2.05, 4.69) is 16.0 Å². The average molecular weight is 361 g/mol. The van der Waals surface area contributed by atoms with Crippen LogP contribution in [0.5, 0.6) is 11.5 Å². The van der Waals surface area contributed by atoms with Crippen molar-refractivity contribution in [1.82, 2.24) is 10.6 Å². The molecule has 0 aliphatic carbocycles. The number of benzene rings is 1. The summed E-state index contributed by atoms with van der Waals surface area (Å²) in [5.41, 5.74) is 0.546. The molecule has 1 heterocycles. The number of anilines is 1. The second-order valence-electron chi connectivity index (χ2n) is 5.58. The van der Waals surface area contributed by atoms with Gasteiger partial charge in [0.2, 0.25) is 0 Å². The highest BCUT2D eigenvalue weighted by molar-refractivity contribution is 6.08. The number of methoxy groups -OCH3 is 2. The number of rotatable bonds is 8. The number of nitrogens with one attached hydrogen (secondary N) is 3. The van der Waals surface area contributed by atoms with E-state index >= 15 is 0 Å². The third-order valence-corrected chi connectivity index (χ3v) is 3.82. The monoisotopic (exact) mass is 361 g/mol. The number of ether oxygens (including phenoxy) is 2. The van der Waals surface area contributed by atoms with Crippen molar-refractivity contribution in [3.8, 4) is 11.5 Å². The van der Waals surface area contributed by atoms with Crippen LogP contribution in [-0.2, 0) is 0 Å². The summed E-state index contributed by atoms with van der Waals surface area (Å²) in [4.78, 5) is 24.9. The van der Waals surface area contributed by atoms with Gasteiger partial charge in [-0.05, 0) is 32.2 Å². The normalized spacial score (nSPS) is 11.5. The zero-order valence-corrected chi connectivity index (χ0v) is 15.2. The minimum atomic E-state index is -0.472. The zero-order valence-electron chi connectivity index (χ0n) is 15.2. The van der Waals surface area contributed by atoms with Gasteiger partial charge in [-0.1, -0.05) is 0 Å². The van der Waals surface area contributed by atoms with Gasteiger partial charge in [0.1, 0.15) is 0 Å². The van der Waals surface area contributed by atoms with E-state index in [0.29, 0.717) is 23.7 Å². The molecule has 0 radical (unpaired) electrons. The zero-order chi connectivity index (χ0) is 19.1. The Labute approximate surface area is 151 Å². The van der Waals surface area contributed by atoms with Crippen molar-refractivity contribution in [2.75, 3.05) is 33.1 Å². The molecule has 2 amide bonds. The molecular formula is C18H23N3O5. The van der Waals surface area contributed by atoms with E-state index in [4.69, 9.17) is 13.9 Å². The molecule has 0 aliphatic heterocycles. The minimum absolute atomic E-state index is 0.0975. The lowest BCUT2D eigenvalue weighted by molar-refractivity contribution is 0.0951. The average Bonchev–Trinajstić information content (AvgIpc) is 3.20. The van der Waals surface area contributed by atoms with Crippen LogP contribution in [0.3, 0.4) is 0 Å². The van der Waals surface area contributed by atoms with Gasteiger partial charge < -0.3 is 29.8 Å². The van der Waals surface area contributed by atoms with E-state index < -0.39 is 5.91 Å². The predicted molar refractivity (Wildman–Crippen MR) is 97.1 cm³/mol. The molecule has 1 atom stereocenters. The lowest BCUT2D eigenvalue weighted by Gasteiger charge is -2.16. The van der Waals surface area contributed by atoms with Gasteiger partial charge in [-0.25, -0.2) is 0 Å². The Kier molecular flexibility index (Phi) is 6.62. The molecular weight excluding hydrogens is 338 g/mol. The molecule has 2 rings (SSSR count). The van der Waals surface area contributed by atoms with Crippen molar-refractivity contribution in [2.45, 2.75) is 13.0 Å². The summed E-state index contributed by atoms with van der Waals surface area (Å²) in [7, 11) is 4.76. The summed E-state index contributed by atoms with van der Waals surface area (Å²) >= 11 is 0. The van der Waals surface area contributed by atoms with Crippen molar-refractivity contribution >= 4 is 17.5 Å². The predicted octanol–water partition coefficient (Wildman–Crippen LogP) is 1.89. The number of hydrogen-bond acceptors (Lipinski definition) is 6. The summed E-state index contributed by atoms with van der Waals surface area (Å²) in [6, 6.07) is 6.30. The SMILES string of the molecule is CNC(C)CNC(=O)c1cc(OC)c(OC)cc1NC(=O)c1ccco1. The molecule has 0 saturated heterocycles. The Balaban J connectivity index is 2.33. The quantitative estimate of drug-likeness (QED) is 0.664. The highest BCUT2D eigenvalue weighted by atomic mass is 16.5. The standard InChI is InChI=1S/C18H23N3O5/c1-11(19-2)10-20-17(22)12-8-15(24-3)16(25-4)9-13(12)21-18(23)14-6-5-7-26-14/h5-9,11,19H,10H2,1-4H3,(H,20,22)(H,21,23). The van der Waals surface area contributed by atoms with E-state index in [1.54, 1.807) is 6.07 Å². The van der Waals surface area contributed by atoms with Gasteiger partial charge in [-0.15, -0.1) is 0 Å². The van der Waals surface area contributed by atoms with E-state index in [9.17, 15) is 9.59 Å². The van der Waals surface area contributed by atoms with Crippen molar-refractivity contribution < 1.29 is 23.5 Å². The van der Waals surface area contributed by atoms with Crippen LogP contribution in [0, 0.1) is 0 Å². The first-order chi connectivity index (χ1) is 12.5. The number of likely N-dealkylation sites (N-methyl/N-ethyl adjacent to an activating group) is 1. The number of carbonyl (C=O) groups is 2. The number of amides is 2. The Bertz CT molecular complexity index is 758. The Morgan fingerprint density at radius 1 is 1.15 bits per heavy atom. The van der Waals surface area contributed by atoms with Crippen molar-refractivity contribution in [3.63, 3.8) is 0 Å². The molecule has 0 spiro atoms. The van der Waals surface area contributed by atoms with Crippen LogP contribution >= 0.6 is 0 Å². The fourth-order valence-electron chi connectivity index (χ4n) is 2.21. The van der Waals surface area contributed by atoms with E-state index in [0.717, 1.165) is 0 Å². The van der Waals surface area contributed by atoms with Crippen molar-refractivity contribution in [2.24, 2.45) is 0 Å². The first-order valence-corrected chi connectivity index (χ1v) is 8.06. The van der Waals surface area contributed by atoms with E-state index in [1.807, 2.05) is 14.0 Å². The fraction of sp³-hybridized carbons (Fsp3) is 0.333. The second-order valence-corrected chi connectivity index (χ2v) is 5.58. The lowest BCUT2D eigenvalue weighted by Crippen LogP contribution is -2.37. The molecule has 8 nitrogen and oxygen atoms in total. The van der Waals surface area contributed by atoms with Crippen LogP contribution in [0.15, 0.2) is 34.9 Å². The van der Waals surface area contributed by atoms with Crippen LogP contribution in [0.4, 0.5) is 5.69 Å². The maximum Gasteiger partial charge on any atom is 0.291 e. The topological polar surface area (TPSA) is 102 Å². The van der Waals surface area contributed by atoms with Crippen LogP contribution in [0.1, 0.15) is 27.8 Å². The molecule has 1 unspecified atom stereocenters. The van der Waals surface area contributed by atoms with Crippen LogP contribution in [-0.4, -0.2) is 45.7 Å². The third kappa shape index (κ3) is 4.54. The highest BCUT2D eigenvalue weighted by Gasteiger charge is 2.20. The van der Waals surface area contributed by atoms with Gasteiger partial charge in [-0.3, -0.25) is 9.59 Å². The van der Waals surface area contributed by atoms with Gasteiger partial charge in [0, 0.05) is 18.7 Å². The van der Waals surface area contributed by atoms with Crippen molar-refractivity contribution in [3.05, 3.63) is 41.9 Å². The van der Waals surface area contributed by atoms with Crippen molar-refractivity contribution in [1.29, 1.82) is 0 Å². The number of carbonyl (C=O) groups excluding carboxylic acids is 2. The van der Waals surface area contributed by atoms with Gasteiger partial charge in [0.05, 0.1) is 31.7 Å². The summed E-state index contributed by atoms with van der Waals surface area (Å²) in [5.74, 6) is 0.0929. The molecule has 140 valence electrons. The maximum atomic E-state index is 12.6. The molecule has 1 aromatic heterocycles. The first kappa shape index (κ1) is 19.3. The Morgan fingerprint density at radius 3 is 2.42 bits per heavy atom. The molecule has 0 aliphatic rings. The van der Waals surface area contributed by atoms with Crippen LogP contribution < -0.4 is 25.4 Å². The van der Waals surface area contributed by atoms with Gasteiger partial charge >= 0.3 is 0 Å². The van der Waals surface area contributed by atoms with Gasteiger partial charge in [0.25, 0.3) is 11.8 Å².